The number of aliphatic imine (C=N–C) groups is 1. The maximum atomic E-state index is 9.39. The van der Waals surface area contributed by atoms with Gasteiger partial charge in [-0.3, -0.25) is 5.32 Å². The van der Waals surface area contributed by atoms with Gasteiger partial charge in [0, 0.05) is 25.2 Å². The predicted molar refractivity (Wildman–Crippen MR) is 132 cm³/mol. The van der Waals surface area contributed by atoms with Crippen molar-refractivity contribution in [3.8, 4) is 17.5 Å². The number of rotatable bonds is 4. The Labute approximate surface area is 195 Å². The number of para-hydroxylation sites is 1. The number of aromatic nitrogens is 2. The van der Waals surface area contributed by atoms with E-state index in [0.29, 0.717) is 11.9 Å². The van der Waals surface area contributed by atoms with Gasteiger partial charge in [-0.1, -0.05) is 62.4 Å². The van der Waals surface area contributed by atoms with E-state index in [1.165, 1.54) is 0 Å². The van der Waals surface area contributed by atoms with Crippen LogP contribution in [0.2, 0.25) is 0 Å². The van der Waals surface area contributed by atoms with Crippen LogP contribution in [0.4, 0.5) is 11.5 Å². The van der Waals surface area contributed by atoms with Crippen LogP contribution in [-0.4, -0.2) is 46.7 Å². The minimum atomic E-state index is 0.165. The first-order chi connectivity index (χ1) is 16.1. The second-order valence-corrected chi connectivity index (χ2v) is 8.55. The van der Waals surface area contributed by atoms with Gasteiger partial charge >= 0.3 is 0 Å². The van der Waals surface area contributed by atoms with Crippen LogP contribution < -0.4 is 10.2 Å². The van der Waals surface area contributed by atoms with E-state index in [4.69, 9.17) is 4.99 Å². The van der Waals surface area contributed by atoms with Crippen LogP contribution in [0.5, 0.6) is 0 Å². The number of aryl methyl sites for hydroxylation is 1. The van der Waals surface area contributed by atoms with Gasteiger partial charge < -0.3 is 9.80 Å². The van der Waals surface area contributed by atoms with Gasteiger partial charge in [0.2, 0.25) is 5.96 Å². The molecule has 1 aliphatic rings. The molecule has 2 aromatic carbocycles. The Morgan fingerprint density at radius 1 is 1.03 bits per heavy atom. The third-order valence-electron chi connectivity index (χ3n) is 6.01. The van der Waals surface area contributed by atoms with Crippen molar-refractivity contribution in [1.29, 1.82) is 5.26 Å². The molecule has 0 saturated carbocycles. The van der Waals surface area contributed by atoms with E-state index in [2.05, 4.69) is 45.4 Å². The van der Waals surface area contributed by atoms with E-state index in [-0.39, 0.29) is 6.04 Å². The number of nitrogens with zero attached hydrogens (tertiary/aromatic N) is 6. The van der Waals surface area contributed by atoms with Gasteiger partial charge in [0.1, 0.15) is 0 Å². The molecule has 0 spiro atoms. The molecule has 0 amide bonds. The van der Waals surface area contributed by atoms with Gasteiger partial charge in [-0.15, -0.1) is 10.2 Å². The molecular weight excluding hydrogens is 410 g/mol. The SMILES string of the molecule is Cc1ccccc1N=C(NC#N)N1CCN(c2ccc(-c3ccccc3)nn2)CC1C(C)C. The number of benzene rings is 2. The molecule has 168 valence electrons. The lowest BCUT2D eigenvalue weighted by Crippen LogP contribution is -2.59. The van der Waals surface area contributed by atoms with Crippen LogP contribution >= 0.6 is 0 Å². The molecule has 0 aliphatic carbocycles. The monoisotopic (exact) mass is 439 g/mol. The first-order valence-electron chi connectivity index (χ1n) is 11.3. The number of nitrogens with one attached hydrogen (secondary N) is 1. The molecule has 1 unspecified atom stereocenters. The minimum Gasteiger partial charge on any atom is -0.351 e. The molecule has 0 radical (unpaired) electrons. The van der Waals surface area contributed by atoms with Crippen molar-refractivity contribution in [2.45, 2.75) is 26.8 Å². The molecule has 4 rings (SSSR count). The smallest absolute Gasteiger partial charge is 0.212 e. The van der Waals surface area contributed by atoms with E-state index in [9.17, 15) is 5.26 Å². The van der Waals surface area contributed by atoms with E-state index < -0.39 is 0 Å². The van der Waals surface area contributed by atoms with Gasteiger partial charge in [0.25, 0.3) is 0 Å². The first kappa shape index (κ1) is 22.3. The van der Waals surface area contributed by atoms with Crippen molar-refractivity contribution < 1.29 is 0 Å². The summed E-state index contributed by atoms with van der Waals surface area (Å²) in [6.07, 6.45) is 2.07. The number of guanidine groups is 1. The summed E-state index contributed by atoms with van der Waals surface area (Å²) < 4.78 is 0. The Bertz CT molecular complexity index is 1130. The van der Waals surface area contributed by atoms with E-state index >= 15 is 0 Å². The highest BCUT2D eigenvalue weighted by molar-refractivity contribution is 5.85. The molecule has 1 saturated heterocycles. The standard InChI is InChI=1S/C26H29N7/c1-19(2)24-17-32(25-14-13-23(30-31-25)21-10-5-4-6-11-21)15-16-33(24)26(28-18-27)29-22-12-8-7-9-20(22)3/h4-14,19,24H,15-17H2,1-3H3,(H,28,29). The molecule has 1 aromatic heterocycles. The van der Waals surface area contributed by atoms with E-state index in [1.807, 2.05) is 73.7 Å². The number of piperazine rings is 1. The molecule has 1 N–H and O–H groups in total. The quantitative estimate of drug-likeness (QED) is 0.282. The Hall–Kier alpha value is -3.92. The van der Waals surface area contributed by atoms with Gasteiger partial charge in [-0.25, -0.2) is 4.99 Å². The zero-order valence-electron chi connectivity index (χ0n) is 19.3. The molecule has 1 fully saturated rings. The first-order valence-corrected chi connectivity index (χ1v) is 11.3. The van der Waals surface area contributed by atoms with Gasteiger partial charge in [-0.05, 0) is 36.6 Å². The summed E-state index contributed by atoms with van der Waals surface area (Å²) in [6, 6.07) is 22.3. The summed E-state index contributed by atoms with van der Waals surface area (Å²) >= 11 is 0. The molecule has 1 aliphatic heterocycles. The summed E-state index contributed by atoms with van der Waals surface area (Å²) in [5.41, 5.74) is 3.86. The number of hydrogen-bond donors (Lipinski definition) is 1. The van der Waals surface area contributed by atoms with Crippen molar-refractivity contribution in [3.63, 3.8) is 0 Å². The van der Waals surface area contributed by atoms with Crippen molar-refractivity contribution in [1.82, 2.24) is 20.4 Å². The highest BCUT2D eigenvalue weighted by Crippen LogP contribution is 2.25. The molecule has 1 atom stereocenters. The van der Waals surface area contributed by atoms with Gasteiger partial charge in [0.05, 0.1) is 17.4 Å². The molecule has 33 heavy (non-hydrogen) atoms. The molecular formula is C26H29N7. The molecule has 7 nitrogen and oxygen atoms in total. The fourth-order valence-corrected chi connectivity index (χ4v) is 4.13. The van der Waals surface area contributed by atoms with Crippen LogP contribution in [-0.2, 0) is 0 Å². The lowest BCUT2D eigenvalue weighted by Gasteiger charge is -2.44. The maximum Gasteiger partial charge on any atom is 0.212 e. The third kappa shape index (κ3) is 5.12. The van der Waals surface area contributed by atoms with Crippen LogP contribution in [0, 0.1) is 24.3 Å². The molecule has 7 heteroatoms. The topological polar surface area (TPSA) is 80.4 Å². The van der Waals surface area contributed by atoms with Crippen LogP contribution in [0.3, 0.4) is 0 Å². The Morgan fingerprint density at radius 2 is 1.79 bits per heavy atom. The van der Waals surface area contributed by atoms with Crippen LogP contribution in [0.25, 0.3) is 11.3 Å². The summed E-state index contributed by atoms with van der Waals surface area (Å²) in [5, 5.41) is 21.2. The second-order valence-electron chi connectivity index (χ2n) is 8.55. The average molecular weight is 440 g/mol. The predicted octanol–water partition coefficient (Wildman–Crippen LogP) is 4.36. The minimum absolute atomic E-state index is 0.165. The van der Waals surface area contributed by atoms with Gasteiger partial charge in [-0.2, -0.15) is 5.26 Å². The number of hydrogen-bond acceptors (Lipinski definition) is 5. The zero-order chi connectivity index (χ0) is 23.2. The van der Waals surface area contributed by atoms with Crippen molar-refractivity contribution >= 4 is 17.5 Å². The highest BCUT2D eigenvalue weighted by atomic mass is 15.4. The van der Waals surface area contributed by atoms with Crippen LogP contribution in [0.1, 0.15) is 19.4 Å². The fraction of sp³-hybridized carbons (Fsp3) is 0.308. The van der Waals surface area contributed by atoms with Crippen molar-refractivity contribution in [2.24, 2.45) is 10.9 Å². The van der Waals surface area contributed by atoms with E-state index in [1.54, 1.807) is 0 Å². The van der Waals surface area contributed by atoms with Crippen molar-refractivity contribution in [3.05, 3.63) is 72.3 Å². The molecule has 0 bridgehead atoms. The number of anilines is 1. The number of nitriles is 1. The average Bonchev–Trinajstić information content (AvgIpc) is 2.85. The van der Waals surface area contributed by atoms with E-state index in [0.717, 1.165) is 48.0 Å². The Morgan fingerprint density at radius 3 is 2.45 bits per heavy atom. The molecule has 3 aromatic rings. The normalized spacial score (nSPS) is 16.6. The maximum absolute atomic E-state index is 9.39. The third-order valence-corrected chi connectivity index (χ3v) is 6.01. The zero-order valence-corrected chi connectivity index (χ0v) is 19.3. The molecule has 2 heterocycles. The summed E-state index contributed by atoms with van der Waals surface area (Å²) in [7, 11) is 0. The lowest BCUT2D eigenvalue weighted by molar-refractivity contribution is 0.220. The highest BCUT2D eigenvalue weighted by Gasteiger charge is 2.32. The Kier molecular flexibility index (Phi) is 6.84. The Balaban J connectivity index is 1.56. The second kappa shape index (κ2) is 10.1. The summed E-state index contributed by atoms with van der Waals surface area (Å²) in [5.74, 6) is 1.81. The summed E-state index contributed by atoms with van der Waals surface area (Å²) in [4.78, 5) is 9.29. The van der Waals surface area contributed by atoms with Crippen molar-refractivity contribution in [2.75, 3.05) is 24.5 Å². The van der Waals surface area contributed by atoms with Gasteiger partial charge in [0.15, 0.2) is 12.0 Å². The lowest BCUT2D eigenvalue weighted by atomic mass is 9.99. The fourth-order valence-electron chi connectivity index (χ4n) is 4.13. The largest absolute Gasteiger partial charge is 0.351 e. The van der Waals surface area contributed by atoms with Crippen LogP contribution in [0.15, 0.2) is 71.7 Å². The summed E-state index contributed by atoms with van der Waals surface area (Å²) in [6.45, 7) is 8.69.